The van der Waals surface area contributed by atoms with Crippen molar-refractivity contribution in [1.29, 1.82) is 0 Å². The van der Waals surface area contributed by atoms with E-state index in [0.29, 0.717) is 0 Å². The van der Waals surface area contributed by atoms with Gasteiger partial charge in [0, 0.05) is 6.92 Å². The second-order valence-corrected chi connectivity index (χ2v) is 4.88. The molecule has 3 nitrogen and oxygen atoms in total. The molecule has 3 N–H and O–H groups in total. The van der Waals surface area contributed by atoms with Crippen molar-refractivity contribution in [3.8, 4) is 0 Å². The summed E-state index contributed by atoms with van der Waals surface area (Å²) in [6, 6.07) is 0. The summed E-state index contributed by atoms with van der Waals surface area (Å²) in [5.74, 6) is 0.963. The monoisotopic (exact) mass is 250 g/mol. The highest BCUT2D eigenvalue weighted by Gasteiger charge is 1.86. The van der Waals surface area contributed by atoms with Crippen LogP contribution >= 0.6 is 0 Å². The molecule has 0 aliphatic carbocycles. The third-order valence-electron chi connectivity index (χ3n) is 1.73. The largest absolute Gasteiger partial charge is 0.481 e. The second-order valence-electron chi connectivity index (χ2n) is 4.88. The van der Waals surface area contributed by atoms with E-state index in [-0.39, 0.29) is 5.48 Å². The lowest BCUT2D eigenvalue weighted by atomic mass is 10.1. The number of carboxylic acids is 1. The molecule has 0 fully saturated rings. The zero-order chi connectivity index (χ0) is 13.6. The minimum Gasteiger partial charge on any atom is -0.481 e. The van der Waals surface area contributed by atoms with Crippen molar-refractivity contribution in [2.45, 2.75) is 74.1 Å². The molecule has 0 saturated heterocycles. The van der Waals surface area contributed by atoms with Gasteiger partial charge in [0.05, 0.1) is 0 Å². The molecule has 0 aromatic carbocycles. The van der Waals surface area contributed by atoms with Crippen LogP contribution in [0.25, 0.3) is 0 Å². The molecule has 0 bridgehead atoms. The van der Waals surface area contributed by atoms with Gasteiger partial charge in [-0.3, -0.25) is 4.79 Å². The van der Waals surface area contributed by atoms with E-state index in [1.54, 1.807) is 0 Å². The summed E-state index contributed by atoms with van der Waals surface area (Å²) in [7, 11) is 0. The van der Waals surface area contributed by atoms with Crippen LogP contribution in [0.3, 0.4) is 0 Å². The average Bonchev–Trinajstić information content (AvgIpc) is 2.02. The van der Waals surface area contributed by atoms with Gasteiger partial charge >= 0.3 is 0 Å². The van der Waals surface area contributed by atoms with Crippen LogP contribution in [-0.4, -0.2) is 16.6 Å². The molecule has 0 aromatic rings. The summed E-state index contributed by atoms with van der Waals surface area (Å²) in [4.78, 5) is 9.00. The van der Waals surface area contributed by atoms with Crippen molar-refractivity contribution in [2.24, 2.45) is 11.8 Å². The molecule has 108 valence electrons. The molecular formula is C14H34O3. The Morgan fingerprint density at radius 1 is 0.941 bits per heavy atom. The van der Waals surface area contributed by atoms with Gasteiger partial charge in [0.2, 0.25) is 0 Å². The van der Waals surface area contributed by atoms with E-state index in [2.05, 4.69) is 41.5 Å². The number of carboxylic acid groups (broad SMARTS) is 1. The van der Waals surface area contributed by atoms with Gasteiger partial charge < -0.3 is 10.6 Å². The highest BCUT2D eigenvalue weighted by atomic mass is 16.4. The molecular weight excluding hydrogens is 216 g/mol. The average molecular weight is 250 g/mol. The molecule has 3 heteroatoms. The Labute approximate surface area is 108 Å². The fourth-order valence-electron chi connectivity index (χ4n) is 1.15. The van der Waals surface area contributed by atoms with E-state index < -0.39 is 5.97 Å². The molecule has 17 heavy (non-hydrogen) atoms. The Hall–Kier alpha value is -0.570. The summed E-state index contributed by atoms with van der Waals surface area (Å²) in [5.41, 5.74) is 0. The second kappa shape index (κ2) is 20.8. The molecule has 0 heterocycles. The molecule has 0 aliphatic heterocycles. The van der Waals surface area contributed by atoms with Gasteiger partial charge in [-0.15, -0.1) is 0 Å². The Bertz CT molecular complexity index is 117. The van der Waals surface area contributed by atoms with Gasteiger partial charge in [-0.2, -0.15) is 0 Å². The van der Waals surface area contributed by atoms with Crippen molar-refractivity contribution in [3.05, 3.63) is 0 Å². The first-order valence-corrected chi connectivity index (χ1v) is 6.47. The van der Waals surface area contributed by atoms with Gasteiger partial charge in [0.15, 0.2) is 0 Å². The van der Waals surface area contributed by atoms with Gasteiger partial charge in [-0.05, 0) is 11.8 Å². The van der Waals surface area contributed by atoms with Crippen LogP contribution in [0, 0.1) is 11.8 Å². The molecule has 0 spiro atoms. The standard InChI is InChI=1S/2C6H14.C2H4O2.H2O/c2*1-4-5-6(2)3;1-2(3)4;/h2*6H,4-5H2,1-3H3;1H3,(H,3,4);1H2. The van der Waals surface area contributed by atoms with E-state index in [1.807, 2.05) is 0 Å². The first-order valence-electron chi connectivity index (χ1n) is 6.47. The molecule has 0 saturated carbocycles. The molecule has 0 atom stereocenters. The summed E-state index contributed by atoms with van der Waals surface area (Å²) in [6.45, 7) is 14.5. The van der Waals surface area contributed by atoms with Crippen molar-refractivity contribution < 1.29 is 15.4 Å². The van der Waals surface area contributed by atoms with Crippen LogP contribution in [-0.2, 0) is 4.79 Å². The molecule has 0 unspecified atom stereocenters. The first-order chi connectivity index (χ1) is 7.27. The maximum absolute atomic E-state index is 9.00. The lowest BCUT2D eigenvalue weighted by Gasteiger charge is -1.95. The van der Waals surface area contributed by atoms with Gasteiger partial charge in [-0.1, -0.05) is 67.2 Å². The molecule has 0 aromatic heterocycles. The Morgan fingerprint density at radius 2 is 1.12 bits per heavy atom. The van der Waals surface area contributed by atoms with Crippen LogP contribution in [0.15, 0.2) is 0 Å². The summed E-state index contributed by atoms with van der Waals surface area (Å²) in [6.07, 6.45) is 5.41. The maximum Gasteiger partial charge on any atom is 0.300 e. The Kier molecular flexibility index (Phi) is 31.0. The third kappa shape index (κ3) is 94.4. The van der Waals surface area contributed by atoms with Crippen molar-refractivity contribution in [1.82, 2.24) is 0 Å². The van der Waals surface area contributed by atoms with E-state index >= 15 is 0 Å². The molecule has 0 aliphatic rings. The lowest BCUT2D eigenvalue weighted by molar-refractivity contribution is -0.134. The summed E-state index contributed by atoms with van der Waals surface area (Å²) < 4.78 is 0. The van der Waals surface area contributed by atoms with Crippen LogP contribution in [0.5, 0.6) is 0 Å². The van der Waals surface area contributed by atoms with E-state index in [9.17, 15) is 0 Å². The fourth-order valence-corrected chi connectivity index (χ4v) is 1.15. The van der Waals surface area contributed by atoms with E-state index in [4.69, 9.17) is 9.90 Å². The summed E-state index contributed by atoms with van der Waals surface area (Å²) >= 11 is 0. The van der Waals surface area contributed by atoms with Crippen molar-refractivity contribution in [3.63, 3.8) is 0 Å². The smallest absolute Gasteiger partial charge is 0.300 e. The number of aliphatic carboxylic acids is 1. The quantitative estimate of drug-likeness (QED) is 0.814. The number of hydrogen-bond donors (Lipinski definition) is 1. The lowest BCUT2D eigenvalue weighted by Crippen LogP contribution is -1.81. The summed E-state index contributed by atoms with van der Waals surface area (Å²) in [5, 5.41) is 7.42. The van der Waals surface area contributed by atoms with E-state index in [0.717, 1.165) is 18.8 Å². The predicted octanol–water partition coefficient (Wildman–Crippen LogP) is 4.15. The molecule has 0 rings (SSSR count). The number of rotatable bonds is 4. The normalized spacial score (nSPS) is 8.53. The van der Waals surface area contributed by atoms with Crippen molar-refractivity contribution in [2.75, 3.05) is 0 Å². The number of hydrogen-bond acceptors (Lipinski definition) is 1. The minimum atomic E-state index is -0.833. The Balaban J connectivity index is -0.0000000741. The minimum absolute atomic E-state index is 0. The van der Waals surface area contributed by atoms with Crippen LogP contribution in [0.1, 0.15) is 74.1 Å². The van der Waals surface area contributed by atoms with Crippen LogP contribution in [0.4, 0.5) is 0 Å². The highest BCUT2D eigenvalue weighted by Crippen LogP contribution is 2.00. The van der Waals surface area contributed by atoms with E-state index in [1.165, 1.54) is 25.7 Å². The van der Waals surface area contributed by atoms with Gasteiger partial charge in [-0.25, -0.2) is 0 Å². The Morgan fingerprint density at radius 3 is 1.12 bits per heavy atom. The predicted molar refractivity (Wildman–Crippen MR) is 76.4 cm³/mol. The highest BCUT2D eigenvalue weighted by molar-refractivity contribution is 5.62. The zero-order valence-electron chi connectivity index (χ0n) is 12.8. The third-order valence-corrected chi connectivity index (χ3v) is 1.73. The SMILES string of the molecule is CC(=O)O.CCCC(C)C.CCCC(C)C.O. The number of carbonyl (C=O) groups is 1. The molecule has 0 amide bonds. The topological polar surface area (TPSA) is 68.8 Å². The maximum atomic E-state index is 9.00. The van der Waals surface area contributed by atoms with Crippen LogP contribution < -0.4 is 0 Å². The van der Waals surface area contributed by atoms with Gasteiger partial charge in [0.1, 0.15) is 0 Å². The zero-order valence-corrected chi connectivity index (χ0v) is 12.8. The van der Waals surface area contributed by atoms with Crippen molar-refractivity contribution >= 4 is 5.97 Å². The fraction of sp³-hybridized carbons (Fsp3) is 0.929. The first kappa shape index (κ1) is 25.3. The molecule has 0 radical (unpaired) electrons. The van der Waals surface area contributed by atoms with Crippen LogP contribution in [0.2, 0.25) is 0 Å². The van der Waals surface area contributed by atoms with Gasteiger partial charge in [0.25, 0.3) is 5.97 Å².